The van der Waals surface area contributed by atoms with Gasteiger partial charge in [-0.1, -0.05) is 30.3 Å². The van der Waals surface area contributed by atoms with Crippen LogP contribution in [-0.2, 0) is 19.4 Å². The maximum absolute atomic E-state index is 11.7. The molecule has 0 aliphatic heterocycles. The van der Waals surface area contributed by atoms with Crippen LogP contribution in [0, 0.1) is 0 Å². The van der Waals surface area contributed by atoms with Gasteiger partial charge in [0.2, 0.25) is 0 Å². The zero-order chi connectivity index (χ0) is 20.1. The second-order valence-corrected chi connectivity index (χ2v) is 8.10. The van der Waals surface area contributed by atoms with Crippen molar-refractivity contribution in [3.8, 4) is 16.9 Å². The van der Waals surface area contributed by atoms with Crippen LogP contribution in [0.4, 0.5) is 0 Å². The number of carbonyl (C=O) groups excluding carboxylic acids is 1. The minimum Gasteiger partial charge on any atom is -0.463 e. The van der Waals surface area contributed by atoms with E-state index >= 15 is 0 Å². The van der Waals surface area contributed by atoms with Crippen LogP contribution in [0.3, 0.4) is 0 Å². The first-order valence-electron chi connectivity index (χ1n) is 8.69. The van der Waals surface area contributed by atoms with E-state index in [1.165, 1.54) is 12.3 Å². The van der Waals surface area contributed by atoms with Gasteiger partial charge in [-0.15, -0.1) is 0 Å². The van der Waals surface area contributed by atoms with Gasteiger partial charge >= 0.3 is 5.97 Å². The molecule has 0 bridgehead atoms. The Hall–Kier alpha value is -3.19. The maximum Gasteiger partial charge on any atom is 0.330 e. The summed E-state index contributed by atoms with van der Waals surface area (Å²) in [6.07, 6.45) is 4.09. The highest BCUT2D eigenvalue weighted by atomic mass is 32.2. The largest absolute Gasteiger partial charge is 0.463 e. The number of sulfone groups is 1. The minimum absolute atomic E-state index is 0.243. The summed E-state index contributed by atoms with van der Waals surface area (Å²) < 4.78 is 30.0. The van der Waals surface area contributed by atoms with E-state index in [9.17, 15) is 13.2 Å². The second-order valence-electron chi connectivity index (χ2n) is 6.08. The van der Waals surface area contributed by atoms with Gasteiger partial charge in [0.25, 0.3) is 0 Å². The van der Waals surface area contributed by atoms with Crippen LogP contribution in [0.5, 0.6) is 0 Å². The van der Waals surface area contributed by atoms with Crippen molar-refractivity contribution in [1.29, 1.82) is 0 Å². The topological polar surface area (TPSA) is 78.3 Å². The fourth-order valence-electron chi connectivity index (χ4n) is 2.67. The number of hydrogen-bond acceptors (Lipinski definition) is 5. The van der Waals surface area contributed by atoms with Crippen molar-refractivity contribution >= 4 is 21.9 Å². The van der Waals surface area contributed by atoms with E-state index in [1.54, 1.807) is 41.9 Å². The van der Waals surface area contributed by atoms with Gasteiger partial charge in [0.15, 0.2) is 9.84 Å². The summed E-state index contributed by atoms with van der Waals surface area (Å²) in [6.45, 7) is 2.05. The molecule has 1 aromatic heterocycles. The highest BCUT2D eigenvalue weighted by Crippen LogP contribution is 2.25. The number of benzene rings is 2. The summed E-state index contributed by atoms with van der Waals surface area (Å²) in [5.74, 6) is -0.434. The SMILES string of the molecule is CCOC(=O)/C=C/c1cc(-c2ccccc2)n(-c2ccc(S(C)(=O)=O)cc2)n1. The number of hydrogen-bond donors (Lipinski definition) is 0. The molecule has 0 unspecified atom stereocenters. The fraction of sp³-hybridized carbons (Fsp3) is 0.143. The lowest BCUT2D eigenvalue weighted by atomic mass is 10.1. The number of rotatable bonds is 6. The molecule has 0 saturated carbocycles. The van der Waals surface area contributed by atoms with Gasteiger partial charge in [-0.3, -0.25) is 0 Å². The highest BCUT2D eigenvalue weighted by Gasteiger charge is 2.12. The van der Waals surface area contributed by atoms with Gasteiger partial charge in [-0.25, -0.2) is 17.9 Å². The van der Waals surface area contributed by atoms with E-state index in [2.05, 4.69) is 5.10 Å². The molecule has 3 rings (SSSR count). The molecule has 0 amide bonds. The van der Waals surface area contributed by atoms with Crippen LogP contribution >= 0.6 is 0 Å². The first kappa shape index (κ1) is 19.6. The molecule has 0 aliphatic carbocycles. The summed E-state index contributed by atoms with van der Waals surface area (Å²) >= 11 is 0. The predicted molar refractivity (Wildman–Crippen MR) is 108 cm³/mol. The maximum atomic E-state index is 11.7. The number of aromatic nitrogens is 2. The highest BCUT2D eigenvalue weighted by molar-refractivity contribution is 7.90. The zero-order valence-electron chi connectivity index (χ0n) is 15.6. The Labute approximate surface area is 164 Å². The van der Waals surface area contributed by atoms with E-state index in [4.69, 9.17) is 4.74 Å². The molecule has 3 aromatic rings. The van der Waals surface area contributed by atoms with Gasteiger partial charge in [-0.05, 0) is 43.3 Å². The lowest BCUT2D eigenvalue weighted by molar-refractivity contribution is -0.137. The van der Waals surface area contributed by atoms with E-state index in [0.29, 0.717) is 18.0 Å². The molecule has 144 valence electrons. The molecule has 0 radical (unpaired) electrons. The van der Waals surface area contributed by atoms with E-state index < -0.39 is 15.8 Å². The molecule has 7 heteroatoms. The Bertz CT molecular complexity index is 1100. The third kappa shape index (κ3) is 4.55. The van der Waals surface area contributed by atoms with Crippen LogP contribution in [0.1, 0.15) is 12.6 Å². The first-order chi connectivity index (χ1) is 13.4. The van der Waals surface area contributed by atoms with Gasteiger partial charge in [-0.2, -0.15) is 5.10 Å². The van der Waals surface area contributed by atoms with Crippen molar-refractivity contribution in [2.45, 2.75) is 11.8 Å². The van der Waals surface area contributed by atoms with Crippen LogP contribution in [0.25, 0.3) is 23.0 Å². The molecule has 0 N–H and O–H groups in total. The Kier molecular flexibility index (Phi) is 5.75. The van der Waals surface area contributed by atoms with Gasteiger partial charge in [0.05, 0.1) is 28.6 Å². The predicted octanol–water partition coefficient (Wildman–Crippen LogP) is 3.52. The van der Waals surface area contributed by atoms with E-state index in [0.717, 1.165) is 11.3 Å². The van der Waals surface area contributed by atoms with E-state index in [-0.39, 0.29) is 4.90 Å². The lowest BCUT2D eigenvalue weighted by Crippen LogP contribution is -2.01. The van der Waals surface area contributed by atoms with Crippen LogP contribution in [-0.4, -0.2) is 37.0 Å². The standard InChI is InChI=1S/C21H20N2O4S/c1-3-27-21(24)14-9-17-15-20(16-7-5-4-6-8-16)23(22-17)18-10-12-19(13-11-18)28(2,25)26/h4-15H,3H2,1-2H3/b14-9+. The molecule has 2 aromatic carbocycles. The summed E-state index contributed by atoms with van der Waals surface area (Å²) in [5.41, 5.74) is 3.05. The monoisotopic (exact) mass is 396 g/mol. The molecule has 1 heterocycles. The molecule has 0 fully saturated rings. The third-order valence-electron chi connectivity index (χ3n) is 3.98. The summed E-state index contributed by atoms with van der Waals surface area (Å²) in [4.78, 5) is 11.8. The lowest BCUT2D eigenvalue weighted by Gasteiger charge is -2.08. The fourth-order valence-corrected chi connectivity index (χ4v) is 3.30. The number of esters is 1. The van der Waals surface area contributed by atoms with Gasteiger partial charge in [0, 0.05) is 17.9 Å². The van der Waals surface area contributed by atoms with Crippen molar-refractivity contribution < 1.29 is 17.9 Å². The van der Waals surface area contributed by atoms with Crippen LogP contribution in [0.15, 0.2) is 71.6 Å². The normalized spacial score (nSPS) is 11.6. The van der Waals surface area contributed by atoms with Crippen molar-refractivity contribution in [2.24, 2.45) is 0 Å². The van der Waals surface area contributed by atoms with Gasteiger partial charge < -0.3 is 4.74 Å². The van der Waals surface area contributed by atoms with E-state index in [1.807, 2.05) is 36.4 Å². The summed E-state index contributed by atoms with van der Waals surface area (Å²) in [7, 11) is -3.27. The van der Waals surface area contributed by atoms with Crippen molar-refractivity contribution in [3.05, 3.63) is 72.4 Å². The van der Waals surface area contributed by atoms with Gasteiger partial charge in [0.1, 0.15) is 0 Å². The van der Waals surface area contributed by atoms with Crippen molar-refractivity contribution in [1.82, 2.24) is 9.78 Å². The Morgan fingerprint density at radius 2 is 1.79 bits per heavy atom. The van der Waals surface area contributed by atoms with Crippen LogP contribution in [0.2, 0.25) is 0 Å². The Morgan fingerprint density at radius 3 is 2.39 bits per heavy atom. The number of ether oxygens (including phenoxy) is 1. The first-order valence-corrected chi connectivity index (χ1v) is 10.6. The van der Waals surface area contributed by atoms with Crippen LogP contribution < -0.4 is 0 Å². The smallest absolute Gasteiger partial charge is 0.330 e. The molecule has 28 heavy (non-hydrogen) atoms. The summed E-state index contributed by atoms with van der Waals surface area (Å²) in [5, 5.41) is 4.55. The Balaban J connectivity index is 2.04. The zero-order valence-corrected chi connectivity index (χ0v) is 16.4. The summed E-state index contributed by atoms with van der Waals surface area (Å²) in [6, 6.07) is 18.0. The number of nitrogens with zero attached hydrogens (tertiary/aromatic N) is 2. The number of carbonyl (C=O) groups is 1. The average molecular weight is 396 g/mol. The molecule has 6 nitrogen and oxygen atoms in total. The third-order valence-corrected chi connectivity index (χ3v) is 5.11. The quantitative estimate of drug-likeness (QED) is 0.471. The molecule has 0 saturated heterocycles. The van der Waals surface area contributed by atoms with Crippen molar-refractivity contribution in [2.75, 3.05) is 12.9 Å². The minimum atomic E-state index is -3.27. The average Bonchev–Trinajstić information content (AvgIpc) is 3.11. The molecule has 0 spiro atoms. The Morgan fingerprint density at radius 1 is 1.11 bits per heavy atom. The van der Waals surface area contributed by atoms with Crippen molar-refractivity contribution in [3.63, 3.8) is 0 Å². The molecular weight excluding hydrogens is 376 g/mol. The molecular formula is C21H20N2O4S. The molecule has 0 atom stereocenters. The molecule has 0 aliphatic rings. The second kappa shape index (κ2) is 8.22.